The molecule has 0 bridgehead atoms. The lowest BCUT2D eigenvalue weighted by molar-refractivity contribution is -0.139. The van der Waals surface area contributed by atoms with Gasteiger partial charge in [-0.25, -0.2) is 4.79 Å². The van der Waals surface area contributed by atoms with Crippen molar-refractivity contribution in [2.24, 2.45) is 0 Å². The number of hydrogen-bond donors (Lipinski definition) is 0. The standard InChI is InChI=1S/C15H12O3/c16-15-8-7-14(18-15)10-17-13-6-5-11-3-1-2-4-12(11)9-13/h1-9,14H,10H2. The summed E-state index contributed by atoms with van der Waals surface area (Å²) in [7, 11) is 0. The topological polar surface area (TPSA) is 35.5 Å². The molecule has 2 aromatic rings. The van der Waals surface area contributed by atoms with Crippen LogP contribution in [0.15, 0.2) is 54.6 Å². The molecule has 3 heteroatoms. The molecule has 0 aliphatic carbocycles. The first-order valence-electron chi connectivity index (χ1n) is 5.82. The first kappa shape index (κ1) is 10.8. The molecule has 1 aliphatic heterocycles. The normalized spacial score (nSPS) is 18.0. The van der Waals surface area contributed by atoms with Crippen molar-refractivity contribution in [3.8, 4) is 5.75 Å². The highest BCUT2D eigenvalue weighted by atomic mass is 16.6. The molecule has 1 unspecified atom stereocenters. The van der Waals surface area contributed by atoms with Crippen molar-refractivity contribution >= 4 is 16.7 Å². The van der Waals surface area contributed by atoms with E-state index in [1.807, 2.05) is 36.4 Å². The van der Waals surface area contributed by atoms with Crippen molar-refractivity contribution in [3.63, 3.8) is 0 Å². The molecule has 1 heterocycles. The molecule has 0 radical (unpaired) electrons. The highest BCUT2D eigenvalue weighted by Crippen LogP contribution is 2.21. The molecule has 2 aromatic carbocycles. The monoisotopic (exact) mass is 240 g/mol. The second-order valence-electron chi connectivity index (χ2n) is 4.15. The fourth-order valence-electron chi connectivity index (χ4n) is 1.94. The third kappa shape index (κ3) is 2.20. The molecule has 3 nitrogen and oxygen atoms in total. The van der Waals surface area contributed by atoms with Crippen molar-refractivity contribution < 1.29 is 14.3 Å². The second kappa shape index (κ2) is 4.53. The van der Waals surface area contributed by atoms with Gasteiger partial charge in [0.05, 0.1) is 0 Å². The maximum Gasteiger partial charge on any atom is 0.331 e. The number of esters is 1. The number of rotatable bonds is 3. The van der Waals surface area contributed by atoms with Crippen LogP contribution < -0.4 is 4.74 Å². The van der Waals surface area contributed by atoms with Gasteiger partial charge in [0.2, 0.25) is 0 Å². The van der Waals surface area contributed by atoms with Crippen LogP contribution in [-0.4, -0.2) is 18.7 Å². The number of benzene rings is 2. The molecule has 0 saturated carbocycles. The Bertz CT molecular complexity index is 616. The summed E-state index contributed by atoms with van der Waals surface area (Å²) in [6.07, 6.45) is 2.86. The summed E-state index contributed by atoms with van der Waals surface area (Å²) in [5, 5.41) is 2.31. The van der Waals surface area contributed by atoms with Gasteiger partial charge in [-0.2, -0.15) is 0 Å². The highest BCUT2D eigenvalue weighted by Gasteiger charge is 2.16. The Morgan fingerprint density at radius 2 is 1.94 bits per heavy atom. The minimum absolute atomic E-state index is 0.274. The molecule has 3 rings (SSSR count). The fourth-order valence-corrected chi connectivity index (χ4v) is 1.94. The highest BCUT2D eigenvalue weighted by molar-refractivity contribution is 5.84. The summed E-state index contributed by atoms with van der Waals surface area (Å²) in [5.74, 6) is 0.479. The first-order chi connectivity index (χ1) is 8.81. The molecule has 0 saturated heterocycles. The van der Waals surface area contributed by atoms with Gasteiger partial charge in [-0.1, -0.05) is 30.3 Å². The first-order valence-corrected chi connectivity index (χ1v) is 5.82. The van der Waals surface area contributed by atoms with E-state index in [1.165, 1.54) is 11.5 Å². The van der Waals surface area contributed by atoms with Gasteiger partial charge in [0.1, 0.15) is 12.4 Å². The fraction of sp³-hybridized carbons (Fsp3) is 0.133. The van der Waals surface area contributed by atoms with E-state index >= 15 is 0 Å². The molecule has 18 heavy (non-hydrogen) atoms. The zero-order valence-corrected chi connectivity index (χ0v) is 9.71. The number of hydrogen-bond acceptors (Lipinski definition) is 3. The summed E-state index contributed by atoms with van der Waals surface area (Å²) < 4.78 is 10.6. The molecule has 90 valence electrons. The average Bonchev–Trinajstić information content (AvgIpc) is 2.82. The van der Waals surface area contributed by atoms with Crippen LogP contribution >= 0.6 is 0 Å². The smallest absolute Gasteiger partial charge is 0.331 e. The quantitative estimate of drug-likeness (QED) is 0.774. The molecular formula is C15H12O3. The van der Waals surface area contributed by atoms with Crippen LogP contribution in [0.3, 0.4) is 0 Å². The Hall–Kier alpha value is -2.29. The Kier molecular flexibility index (Phi) is 2.73. The van der Waals surface area contributed by atoms with E-state index in [0.29, 0.717) is 6.61 Å². The van der Waals surface area contributed by atoms with E-state index in [2.05, 4.69) is 6.07 Å². The van der Waals surface area contributed by atoms with Crippen LogP contribution in [0.2, 0.25) is 0 Å². The van der Waals surface area contributed by atoms with Crippen molar-refractivity contribution in [3.05, 3.63) is 54.6 Å². The number of ether oxygens (including phenoxy) is 2. The third-order valence-electron chi connectivity index (χ3n) is 2.85. The minimum atomic E-state index is -0.304. The zero-order valence-electron chi connectivity index (χ0n) is 9.71. The lowest BCUT2D eigenvalue weighted by Gasteiger charge is -2.11. The Labute approximate surface area is 105 Å². The van der Waals surface area contributed by atoms with E-state index in [-0.39, 0.29) is 12.1 Å². The number of fused-ring (bicyclic) bond motifs is 1. The largest absolute Gasteiger partial charge is 0.489 e. The number of cyclic esters (lactones) is 1. The minimum Gasteiger partial charge on any atom is -0.489 e. The van der Waals surface area contributed by atoms with Crippen LogP contribution in [0.25, 0.3) is 10.8 Å². The molecule has 0 spiro atoms. The molecule has 0 amide bonds. The summed E-state index contributed by atoms with van der Waals surface area (Å²) in [5.41, 5.74) is 0. The maximum absolute atomic E-state index is 10.9. The lowest BCUT2D eigenvalue weighted by atomic mass is 10.1. The van der Waals surface area contributed by atoms with Gasteiger partial charge in [0.25, 0.3) is 0 Å². The van der Waals surface area contributed by atoms with E-state index in [9.17, 15) is 4.79 Å². The summed E-state index contributed by atoms with van der Waals surface area (Å²) in [4.78, 5) is 10.9. The molecule has 1 aliphatic rings. The van der Waals surface area contributed by atoms with E-state index < -0.39 is 0 Å². The summed E-state index contributed by atoms with van der Waals surface area (Å²) in [6.45, 7) is 0.348. The van der Waals surface area contributed by atoms with E-state index in [4.69, 9.17) is 9.47 Å². The molecule has 0 N–H and O–H groups in total. The lowest BCUT2D eigenvalue weighted by Crippen LogP contribution is -2.17. The SMILES string of the molecule is O=C1C=CC(COc2ccc3ccccc3c2)O1. The van der Waals surface area contributed by atoms with Crippen LogP contribution in [0.5, 0.6) is 5.75 Å². The van der Waals surface area contributed by atoms with Crippen molar-refractivity contribution in [1.82, 2.24) is 0 Å². The second-order valence-corrected chi connectivity index (χ2v) is 4.15. The summed E-state index contributed by atoms with van der Waals surface area (Å²) in [6, 6.07) is 14.0. The van der Waals surface area contributed by atoms with Gasteiger partial charge >= 0.3 is 5.97 Å². The van der Waals surface area contributed by atoms with Gasteiger partial charge in [0.15, 0.2) is 6.10 Å². The zero-order chi connectivity index (χ0) is 12.4. The van der Waals surface area contributed by atoms with E-state index in [1.54, 1.807) is 6.08 Å². The average molecular weight is 240 g/mol. The Morgan fingerprint density at radius 1 is 1.11 bits per heavy atom. The van der Waals surface area contributed by atoms with Gasteiger partial charge in [-0.15, -0.1) is 0 Å². The van der Waals surface area contributed by atoms with Gasteiger partial charge in [-0.3, -0.25) is 0 Å². The molecular weight excluding hydrogens is 228 g/mol. The van der Waals surface area contributed by atoms with Crippen molar-refractivity contribution in [2.75, 3.05) is 6.61 Å². The Balaban J connectivity index is 1.71. The molecule has 0 fully saturated rings. The number of carbonyl (C=O) groups excluding carboxylic acids is 1. The summed E-state index contributed by atoms with van der Waals surface area (Å²) >= 11 is 0. The van der Waals surface area contributed by atoms with Crippen LogP contribution in [0.1, 0.15) is 0 Å². The van der Waals surface area contributed by atoms with Gasteiger partial charge in [-0.05, 0) is 29.0 Å². The third-order valence-corrected chi connectivity index (χ3v) is 2.85. The van der Waals surface area contributed by atoms with Crippen LogP contribution in [0, 0.1) is 0 Å². The molecule has 0 aromatic heterocycles. The van der Waals surface area contributed by atoms with Gasteiger partial charge < -0.3 is 9.47 Å². The Morgan fingerprint density at radius 3 is 2.72 bits per heavy atom. The van der Waals surface area contributed by atoms with Crippen LogP contribution in [0.4, 0.5) is 0 Å². The van der Waals surface area contributed by atoms with Crippen molar-refractivity contribution in [1.29, 1.82) is 0 Å². The van der Waals surface area contributed by atoms with E-state index in [0.717, 1.165) is 11.1 Å². The van der Waals surface area contributed by atoms with Gasteiger partial charge in [0, 0.05) is 6.08 Å². The predicted molar refractivity (Wildman–Crippen MR) is 68.5 cm³/mol. The predicted octanol–water partition coefficient (Wildman–Crippen LogP) is 2.70. The van der Waals surface area contributed by atoms with Crippen molar-refractivity contribution in [2.45, 2.75) is 6.10 Å². The van der Waals surface area contributed by atoms with Crippen LogP contribution in [-0.2, 0) is 9.53 Å². The number of carbonyl (C=O) groups is 1. The maximum atomic E-state index is 10.9. The molecule has 1 atom stereocenters.